The van der Waals surface area contributed by atoms with Gasteiger partial charge in [0, 0.05) is 5.33 Å². The van der Waals surface area contributed by atoms with Crippen molar-refractivity contribution in [2.24, 2.45) is 0 Å². The molecule has 2 aromatic rings. The van der Waals surface area contributed by atoms with Gasteiger partial charge in [-0.1, -0.05) is 28.1 Å². The first kappa shape index (κ1) is 16.5. The van der Waals surface area contributed by atoms with Crippen LogP contribution in [0.2, 0.25) is 0 Å². The van der Waals surface area contributed by atoms with Crippen LogP contribution in [-0.2, 0) is 15.4 Å². The average Bonchev–Trinajstić information content (AvgIpc) is 2.44. The monoisotopic (exact) mass is 435 g/mol. The molecule has 0 radical (unpaired) electrons. The van der Waals surface area contributed by atoms with Crippen molar-refractivity contribution in [2.45, 2.75) is 17.1 Å². The van der Waals surface area contributed by atoms with E-state index in [1.54, 1.807) is 19.1 Å². The zero-order valence-corrected chi connectivity index (χ0v) is 15.0. The fourth-order valence-corrected chi connectivity index (χ4v) is 3.67. The molecule has 0 aliphatic heterocycles. The van der Waals surface area contributed by atoms with Gasteiger partial charge in [0.1, 0.15) is 5.82 Å². The molecular weight excluding hydrogens is 425 g/mol. The van der Waals surface area contributed by atoms with Gasteiger partial charge in [0.15, 0.2) is 0 Å². The van der Waals surface area contributed by atoms with Crippen molar-refractivity contribution in [2.75, 3.05) is 4.72 Å². The number of hydrogen-bond donors (Lipinski definition) is 1. The Hall–Kier alpha value is -0.920. The lowest BCUT2D eigenvalue weighted by Gasteiger charge is -2.11. The second-order valence-electron chi connectivity index (χ2n) is 4.46. The van der Waals surface area contributed by atoms with Gasteiger partial charge in [-0.2, -0.15) is 0 Å². The van der Waals surface area contributed by atoms with Crippen LogP contribution in [0.4, 0.5) is 10.1 Å². The van der Waals surface area contributed by atoms with E-state index in [-0.39, 0.29) is 10.6 Å². The van der Waals surface area contributed by atoms with Crippen LogP contribution in [0.5, 0.6) is 0 Å². The van der Waals surface area contributed by atoms with E-state index in [2.05, 4.69) is 36.6 Å². The van der Waals surface area contributed by atoms with Crippen molar-refractivity contribution >= 4 is 47.6 Å². The van der Waals surface area contributed by atoms with Crippen LogP contribution in [0, 0.1) is 12.7 Å². The number of halogens is 3. The van der Waals surface area contributed by atoms with E-state index in [9.17, 15) is 12.8 Å². The minimum atomic E-state index is -3.74. The Morgan fingerprint density at radius 2 is 1.81 bits per heavy atom. The van der Waals surface area contributed by atoms with Gasteiger partial charge >= 0.3 is 0 Å². The van der Waals surface area contributed by atoms with Gasteiger partial charge in [-0.15, -0.1) is 0 Å². The Bertz CT molecular complexity index is 761. The van der Waals surface area contributed by atoms with E-state index in [4.69, 9.17) is 0 Å². The maximum Gasteiger partial charge on any atom is 0.261 e. The molecule has 0 aromatic heterocycles. The molecule has 0 fully saturated rings. The first-order chi connectivity index (χ1) is 9.83. The second-order valence-corrected chi connectivity index (χ2v) is 7.56. The lowest BCUT2D eigenvalue weighted by molar-refractivity contribution is 0.601. The number of anilines is 1. The van der Waals surface area contributed by atoms with Gasteiger partial charge in [-0.25, -0.2) is 12.8 Å². The van der Waals surface area contributed by atoms with Gasteiger partial charge in [0.05, 0.1) is 15.1 Å². The Morgan fingerprint density at radius 3 is 2.38 bits per heavy atom. The summed E-state index contributed by atoms with van der Waals surface area (Å²) in [7, 11) is -3.74. The highest BCUT2D eigenvalue weighted by Crippen LogP contribution is 2.26. The summed E-state index contributed by atoms with van der Waals surface area (Å²) in [4.78, 5) is 0.134. The van der Waals surface area contributed by atoms with Crippen molar-refractivity contribution in [3.05, 3.63) is 57.8 Å². The van der Waals surface area contributed by atoms with Crippen molar-refractivity contribution in [1.82, 2.24) is 0 Å². The highest BCUT2D eigenvalue weighted by Gasteiger charge is 2.16. The standard InChI is InChI=1S/C14H12Br2FNO2S/c1-9-6-12(16)13(17)7-14(9)18-21(19,20)11-4-2-10(8-15)3-5-11/h2-7,18H,8H2,1H3. The molecule has 0 unspecified atom stereocenters. The molecule has 2 rings (SSSR count). The topological polar surface area (TPSA) is 46.2 Å². The SMILES string of the molecule is Cc1cc(Br)c(F)cc1NS(=O)(=O)c1ccc(CBr)cc1. The predicted molar refractivity (Wildman–Crippen MR) is 88.7 cm³/mol. The number of aryl methyl sites for hydroxylation is 1. The van der Waals surface area contributed by atoms with Gasteiger partial charge in [-0.3, -0.25) is 4.72 Å². The lowest BCUT2D eigenvalue weighted by Crippen LogP contribution is -2.14. The summed E-state index contributed by atoms with van der Waals surface area (Å²) in [6.45, 7) is 1.70. The minimum Gasteiger partial charge on any atom is -0.279 e. The van der Waals surface area contributed by atoms with E-state index in [1.165, 1.54) is 18.2 Å². The van der Waals surface area contributed by atoms with Crippen LogP contribution >= 0.6 is 31.9 Å². The van der Waals surface area contributed by atoms with E-state index in [0.717, 1.165) is 11.6 Å². The minimum absolute atomic E-state index is 0.134. The molecule has 0 aliphatic carbocycles. The molecule has 0 spiro atoms. The molecule has 0 atom stereocenters. The predicted octanol–water partition coefficient (Wildman–Crippen LogP) is 4.59. The van der Waals surface area contributed by atoms with Crippen LogP contribution in [0.3, 0.4) is 0 Å². The molecule has 112 valence electrons. The largest absolute Gasteiger partial charge is 0.279 e. The molecule has 21 heavy (non-hydrogen) atoms. The third kappa shape index (κ3) is 3.84. The van der Waals surface area contributed by atoms with Crippen molar-refractivity contribution in [3.8, 4) is 0 Å². The first-order valence-corrected chi connectivity index (χ1v) is 9.36. The average molecular weight is 437 g/mol. The normalized spacial score (nSPS) is 11.4. The summed E-state index contributed by atoms with van der Waals surface area (Å²) >= 11 is 6.36. The Balaban J connectivity index is 2.34. The molecule has 2 aromatic carbocycles. The Kier molecular flexibility index (Phi) is 5.06. The van der Waals surface area contributed by atoms with E-state index in [0.29, 0.717) is 15.4 Å². The number of sulfonamides is 1. The van der Waals surface area contributed by atoms with Crippen molar-refractivity contribution in [1.29, 1.82) is 0 Å². The number of benzene rings is 2. The fourth-order valence-electron chi connectivity index (χ4n) is 1.72. The number of alkyl halides is 1. The van der Waals surface area contributed by atoms with Gasteiger partial charge in [0.2, 0.25) is 0 Å². The first-order valence-electron chi connectivity index (χ1n) is 5.97. The van der Waals surface area contributed by atoms with Crippen LogP contribution in [-0.4, -0.2) is 8.42 Å². The Morgan fingerprint density at radius 1 is 1.19 bits per heavy atom. The van der Waals surface area contributed by atoms with E-state index < -0.39 is 15.8 Å². The number of nitrogens with one attached hydrogen (secondary N) is 1. The molecule has 0 saturated carbocycles. The zero-order valence-electron chi connectivity index (χ0n) is 11.0. The molecule has 3 nitrogen and oxygen atoms in total. The molecule has 0 heterocycles. The second kappa shape index (κ2) is 6.46. The van der Waals surface area contributed by atoms with Gasteiger partial charge < -0.3 is 0 Å². The molecule has 0 aliphatic rings. The molecule has 0 bridgehead atoms. The zero-order chi connectivity index (χ0) is 15.6. The summed E-state index contributed by atoms with van der Waals surface area (Å²) < 4.78 is 40.8. The summed E-state index contributed by atoms with van der Waals surface area (Å²) in [5, 5.41) is 0.651. The summed E-state index contributed by atoms with van der Waals surface area (Å²) in [6, 6.07) is 9.16. The maximum absolute atomic E-state index is 13.5. The maximum atomic E-state index is 13.5. The molecule has 0 saturated heterocycles. The fraction of sp³-hybridized carbons (Fsp3) is 0.143. The highest BCUT2D eigenvalue weighted by atomic mass is 79.9. The summed E-state index contributed by atoms with van der Waals surface area (Å²) in [6.07, 6.45) is 0. The molecule has 7 heteroatoms. The van der Waals surface area contributed by atoms with E-state index in [1.807, 2.05) is 0 Å². The van der Waals surface area contributed by atoms with Crippen LogP contribution in [0.1, 0.15) is 11.1 Å². The molecule has 1 N–H and O–H groups in total. The van der Waals surface area contributed by atoms with Gasteiger partial charge in [-0.05, 0) is 58.2 Å². The van der Waals surface area contributed by atoms with Crippen LogP contribution in [0.15, 0.2) is 45.8 Å². The lowest BCUT2D eigenvalue weighted by atomic mass is 10.2. The smallest absolute Gasteiger partial charge is 0.261 e. The molecular formula is C14H12Br2FNO2S. The van der Waals surface area contributed by atoms with Crippen LogP contribution < -0.4 is 4.72 Å². The third-order valence-corrected chi connectivity index (χ3v) is 5.54. The number of rotatable bonds is 4. The van der Waals surface area contributed by atoms with Gasteiger partial charge in [0.25, 0.3) is 10.0 Å². The summed E-state index contributed by atoms with van der Waals surface area (Å²) in [5.41, 5.74) is 1.82. The van der Waals surface area contributed by atoms with Crippen LogP contribution in [0.25, 0.3) is 0 Å². The quantitative estimate of drug-likeness (QED) is 0.712. The van der Waals surface area contributed by atoms with Crippen molar-refractivity contribution < 1.29 is 12.8 Å². The van der Waals surface area contributed by atoms with Crippen molar-refractivity contribution in [3.63, 3.8) is 0 Å². The Labute approximate surface area is 139 Å². The molecule has 0 amide bonds. The highest BCUT2D eigenvalue weighted by molar-refractivity contribution is 9.10. The summed E-state index contributed by atoms with van der Waals surface area (Å²) in [5.74, 6) is -0.520. The third-order valence-electron chi connectivity index (χ3n) is 2.90. The number of hydrogen-bond acceptors (Lipinski definition) is 2. The van der Waals surface area contributed by atoms with E-state index >= 15 is 0 Å².